The number of methoxy groups -OCH3 is 2. The molecule has 0 aliphatic heterocycles. The van der Waals surface area contributed by atoms with Crippen LogP contribution in [-0.4, -0.2) is 31.1 Å². The molecule has 1 aromatic carbocycles. The number of carbonyl (C=O) groups excluding carboxylic acids is 2. The highest BCUT2D eigenvalue weighted by molar-refractivity contribution is 6.30. The number of anilines is 1. The average molecular weight is 353 g/mol. The second-order valence-electron chi connectivity index (χ2n) is 4.73. The summed E-state index contributed by atoms with van der Waals surface area (Å²) in [5, 5.41) is 2.75. The van der Waals surface area contributed by atoms with E-state index in [0.717, 1.165) is 6.07 Å². The van der Waals surface area contributed by atoms with Gasteiger partial charge in [0, 0.05) is 17.5 Å². The molecule has 1 aromatic heterocycles. The van der Waals surface area contributed by atoms with Crippen molar-refractivity contribution >= 4 is 29.2 Å². The van der Waals surface area contributed by atoms with Crippen LogP contribution in [0.3, 0.4) is 0 Å². The maximum Gasteiger partial charge on any atom is 0.360 e. The van der Waals surface area contributed by atoms with E-state index in [1.807, 2.05) is 0 Å². The Kier molecular flexibility index (Phi) is 5.35. The largest absolute Gasteiger partial charge is 0.492 e. The molecule has 0 fully saturated rings. The smallest absolute Gasteiger partial charge is 0.360 e. The van der Waals surface area contributed by atoms with Gasteiger partial charge in [-0.25, -0.2) is 14.2 Å². The first kappa shape index (κ1) is 17.7. The molecule has 8 heteroatoms. The van der Waals surface area contributed by atoms with E-state index < -0.39 is 17.7 Å². The van der Waals surface area contributed by atoms with Crippen LogP contribution in [0.1, 0.15) is 17.4 Å². The molecule has 0 radical (unpaired) electrons. The Bertz CT molecular complexity index is 811. The third-order valence-corrected chi connectivity index (χ3v) is 3.31. The van der Waals surface area contributed by atoms with E-state index in [1.165, 1.54) is 39.3 Å². The first-order valence-electron chi connectivity index (χ1n) is 6.77. The molecule has 0 bridgehead atoms. The Morgan fingerprint density at radius 2 is 1.96 bits per heavy atom. The van der Waals surface area contributed by atoms with Gasteiger partial charge in [-0.1, -0.05) is 11.6 Å². The van der Waals surface area contributed by atoms with E-state index in [0.29, 0.717) is 0 Å². The molecule has 0 saturated heterocycles. The summed E-state index contributed by atoms with van der Waals surface area (Å²) in [6.45, 7) is 1.29. The maximum atomic E-state index is 14.2. The summed E-state index contributed by atoms with van der Waals surface area (Å²) < 4.78 is 24.0. The number of benzene rings is 1. The number of halogens is 2. The number of nitrogens with zero attached hydrogens (tertiary/aromatic N) is 1. The predicted octanol–water partition coefficient (Wildman–Crippen LogP) is 3.29. The molecule has 1 heterocycles. The number of pyridine rings is 1. The Hall–Kier alpha value is -2.67. The Labute approximate surface area is 142 Å². The van der Waals surface area contributed by atoms with E-state index in [4.69, 9.17) is 16.3 Å². The lowest BCUT2D eigenvalue weighted by molar-refractivity contribution is -0.114. The second-order valence-corrected chi connectivity index (χ2v) is 5.17. The molecule has 6 nitrogen and oxygen atoms in total. The molecule has 1 N–H and O–H groups in total. The fourth-order valence-corrected chi connectivity index (χ4v) is 2.25. The molecule has 2 rings (SSSR count). The van der Waals surface area contributed by atoms with Crippen molar-refractivity contribution in [3.05, 3.63) is 40.8 Å². The molecule has 0 unspecified atom stereocenters. The zero-order valence-electron chi connectivity index (χ0n) is 13.1. The van der Waals surface area contributed by atoms with Crippen molar-refractivity contribution in [2.75, 3.05) is 19.5 Å². The SMILES string of the molecule is COC(=O)c1nc(-c2ccc(Cl)cc2F)cc(NC(C)=O)c1OC. The highest BCUT2D eigenvalue weighted by Gasteiger charge is 2.22. The van der Waals surface area contributed by atoms with E-state index in [1.54, 1.807) is 0 Å². The maximum absolute atomic E-state index is 14.2. The van der Waals surface area contributed by atoms with Crippen LogP contribution in [0.4, 0.5) is 10.1 Å². The highest BCUT2D eigenvalue weighted by atomic mass is 35.5. The summed E-state index contributed by atoms with van der Waals surface area (Å²) in [6, 6.07) is 5.44. The van der Waals surface area contributed by atoms with Crippen molar-refractivity contribution < 1.29 is 23.5 Å². The number of carbonyl (C=O) groups is 2. The molecule has 0 atom stereocenters. The minimum absolute atomic E-state index is 0.0233. The molecule has 0 aliphatic carbocycles. The quantitative estimate of drug-likeness (QED) is 0.854. The van der Waals surface area contributed by atoms with Crippen LogP contribution in [0.2, 0.25) is 5.02 Å². The lowest BCUT2D eigenvalue weighted by Gasteiger charge is -2.14. The third-order valence-electron chi connectivity index (χ3n) is 3.07. The van der Waals surface area contributed by atoms with Crippen LogP contribution < -0.4 is 10.1 Å². The number of amides is 1. The van der Waals surface area contributed by atoms with Gasteiger partial charge in [0.2, 0.25) is 5.91 Å². The van der Waals surface area contributed by atoms with E-state index in [2.05, 4.69) is 15.0 Å². The predicted molar refractivity (Wildman–Crippen MR) is 86.8 cm³/mol. The first-order valence-corrected chi connectivity index (χ1v) is 7.15. The van der Waals surface area contributed by atoms with Gasteiger partial charge in [-0.2, -0.15) is 0 Å². The lowest BCUT2D eigenvalue weighted by Crippen LogP contribution is -2.13. The third kappa shape index (κ3) is 3.62. The van der Waals surface area contributed by atoms with Crippen molar-refractivity contribution in [3.8, 4) is 17.0 Å². The minimum atomic E-state index is -0.783. The number of aromatic nitrogens is 1. The normalized spacial score (nSPS) is 10.2. The van der Waals surface area contributed by atoms with E-state index in [9.17, 15) is 14.0 Å². The van der Waals surface area contributed by atoms with Crippen LogP contribution in [0, 0.1) is 5.82 Å². The van der Waals surface area contributed by atoms with Gasteiger partial charge in [0.1, 0.15) is 5.82 Å². The van der Waals surface area contributed by atoms with Gasteiger partial charge in [-0.3, -0.25) is 4.79 Å². The van der Waals surface area contributed by atoms with Crippen LogP contribution in [0.25, 0.3) is 11.3 Å². The number of ether oxygens (including phenoxy) is 2. The zero-order chi connectivity index (χ0) is 17.9. The summed E-state index contributed by atoms with van der Waals surface area (Å²) in [4.78, 5) is 27.5. The standard InChI is InChI=1S/C16H14ClFN2O4/c1-8(21)19-13-7-12(10-5-4-9(17)6-11(10)18)20-14(15(13)23-2)16(22)24-3/h4-7H,1-3H3,(H,19,20,21). The molecule has 2 aromatic rings. The molecular weight excluding hydrogens is 339 g/mol. The summed E-state index contributed by atoms with van der Waals surface area (Å²) in [7, 11) is 2.49. The van der Waals surface area contributed by atoms with Crippen LogP contribution in [-0.2, 0) is 9.53 Å². The molecule has 1 amide bonds. The number of hydrogen-bond donors (Lipinski definition) is 1. The van der Waals surface area contributed by atoms with Crippen molar-refractivity contribution in [2.45, 2.75) is 6.92 Å². The summed E-state index contributed by atoms with van der Waals surface area (Å²) in [6.07, 6.45) is 0. The highest BCUT2D eigenvalue weighted by Crippen LogP contribution is 2.34. The van der Waals surface area contributed by atoms with Gasteiger partial charge in [-0.15, -0.1) is 0 Å². The molecule has 24 heavy (non-hydrogen) atoms. The van der Waals surface area contributed by atoms with Crippen LogP contribution in [0.5, 0.6) is 5.75 Å². The van der Waals surface area contributed by atoms with Gasteiger partial charge in [-0.05, 0) is 24.3 Å². The number of esters is 1. The van der Waals surface area contributed by atoms with Crippen molar-refractivity contribution in [3.63, 3.8) is 0 Å². The monoisotopic (exact) mass is 352 g/mol. The molecule has 0 aliphatic rings. The fraction of sp³-hybridized carbons (Fsp3) is 0.188. The Morgan fingerprint density at radius 1 is 1.25 bits per heavy atom. The van der Waals surface area contributed by atoms with Crippen LogP contribution >= 0.6 is 11.6 Å². The van der Waals surface area contributed by atoms with Crippen molar-refractivity contribution in [2.24, 2.45) is 0 Å². The average Bonchev–Trinajstić information content (AvgIpc) is 2.52. The molecular formula is C16H14ClFN2O4. The van der Waals surface area contributed by atoms with Gasteiger partial charge in [0.15, 0.2) is 11.4 Å². The van der Waals surface area contributed by atoms with E-state index >= 15 is 0 Å². The molecule has 0 spiro atoms. The Morgan fingerprint density at radius 3 is 2.50 bits per heavy atom. The molecule has 0 saturated carbocycles. The van der Waals surface area contributed by atoms with Gasteiger partial charge >= 0.3 is 5.97 Å². The first-order chi connectivity index (χ1) is 11.4. The second kappa shape index (κ2) is 7.27. The number of nitrogens with one attached hydrogen (secondary N) is 1. The molecule has 126 valence electrons. The fourth-order valence-electron chi connectivity index (χ4n) is 2.09. The number of rotatable bonds is 4. The van der Waals surface area contributed by atoms with Crippen molar-refractivity contribution in [1.29, 1.82) is 0 Å². The van der Waals surface area contributed by atoms with Gasteiger partial charge < -0.3 is 14.8 Å². The summed E-state index contributed by atoms with van der Waals surface area (Å²) >= 11 is 5.74. The number of hydrogen-bond acceptors (Lipinski definition) is 5. The zero-order valence-corrected chi connectivity index (χ0v) is 13.9. The Balaban J connectivity index is 2.72. The summed E-state index contributed by atoms with van der Waals surface area (Å²) in [5.74, 6) is -1.77. The summed E-state index contributed by atoms with van der Waals surface area (Å²) in [5.41, 5.74) is 0.216. The minimum Gasteiger partial charge on any atom is -0.492 e. The van der Waals surface area contributed by atoms with Gasteiger partial charge in [0.25, 0.3) is 0 Å². The lowest BCUT2D eigenvalue weighted by atomic mass is 10.1. The topological polar surface area (TPSA) is 77.5 Å². The van der Waals surface area contributed by atoms with Gasteiger partial charge in [0.05, 0.1) is 25.6 Å². The van der Waals surface area contributed by atoms with Crippen molar-refractivity contribution in [1.82, 2.24) is 4.98 Å². The van der Waals surface area contributed by atoms with E-state index in [-0.39, 0.29) is 33.4 Å². The van der Waals surface area contributed by atoms with Crippen LogP contribution in [0.15, 0.2) is 24.3 Å².